The van der Waals surface area contributed by atoms with E-state index in [0.717, 1.165) is 16.9 Å². The van der Waals surface area contributed by atoms with Crippen LogP contribution in [0.1, 0.15) is 32.8 Å². The maximum absolute atomic E-state index is 9.01. The minimum Gasteiger partial charge on any atom is -0.396 e. The Hall–Kier alpha value is -2.99. The molecule has 0 bridgehead atoms. The summed E-state index contributed by atoms with van der Waals surface area (Å²) in [4.78, 5) is 13.2. The van der Waals surface area contributed by atoms with Gasteiger partial charge in [-0.05, 0) is 41.7 Å². The number of benzene rings is 1. The Morgan fingerprint density at radius 3 is 2.32 bits per heavy atom. The summed E-state index contributed by atoms with van der Waals surface area (Å²) in [5.74, 6) is 1.23. The van der Waals surface area contributed by atoms with Crippen LogP contribution in [0.2, 0.25) is 0 Å². The van der Waals surface area contributed by atoms with Gasteiger partial charge in [0.2, 0.25) is 5.95 Å². The fourth-order valence-electron chi connectivity index (χ4n) is 2.74. The maximum Gasteiger partial charge on any atom is 0.225 e. The van der Waals surface area contributed by atoms with Gasteiger partial charge in [0.05, 0.1) is 5.69 Å². The average molecular weight is 377 g/mol. The van der Waals surface area contributed by atoms with E-state index in [1.165, 1.54) is 5.56 Å². The smallest absolute Gasteiger partial charge is 0.225 e. The minimum atomic E-state index is 0.117. The van der Waals surface area contributed by atoms with Gasteiger partial charge in [0.15, 0.2) is 0 Å². The zero-order valence-electron chi connectivity index (χ0n) is 16.6. The molecule has 0 aliphatic heterocycles. The third-order valence-corrected chi connectivity index (χ3v) is 4.34. The monoisotopic (exact) mass is 377 g/mol. The molecule has 2 aromatic heterocycles. The zero-order valence-corrected chi connectivity index (χ0v) is 16.6. The normalized spacial score (nSPS) is 11.3. The molecular formula is C22H27N5O. The van der Waals surface area contributed by atoms with Crippen LogP contribution in [0.15, 0.2) is 54.9 Å². The first-order valence-electron chi connectivity index (χ1n) is 9.47. The van der Waals surface area contributed by atoms with Gasteiger partial charge in [-0.1, -0.05) is 32.9 Å². The van der Waals surface area contributed by atoms with Gasteiger partial charge in [-0.25, -0.2) is 4.98 Å². The first-order chi connectivity index (χ1) is 13.5. The minimum absolute atomic E-state index is 0.117. The van der Waals surface area contributed by atoms with Crippen LogP contribution in [-0.2, 0) is 5.41 Å². The van der Waals surface area contributed by atoms with Gasteiger partial charge in [0.1, 0.15) is 5.82 Å². The van der Waals surface area contributed by atoms with Crippen molar-refractivity contribution in [1.82, 2.24) is 15.0 Å². The summed E-state index contributed by atoms with van der Waals surface area (Å²) in [6.07, 6.45) is 4.13. The second-order valence-corrected chi connectivity index (χ2v) is 7.65. The van der Waals surface area contributed by atoms with Gasteiger partial charge in [-0.15, -0.1) is 0 Å². The molecule has 0 unspecified atom stereocenters. The van der Waals surface area contributed by atoms with E-state index < -0.39 is 0 Å². The molecule has 3 aromatic rings. The van der Waals surface area contributed by atoms with Crippen molar-refractivity contribution >= 4 is 17.5 Å². The Labute approximate surface area is 166 Å². The molecule has 0 radical (unpaired) electrons. The highest BCUT2D eigenvalue weighted by molar-refractivity contribution is 5.67. The first-order valence-corrected chi connectivity index (χ1v) is 9.47. The number of rotatable bonds is 7. The summed E-state index contributed by atoms with van der Waals surface area (Å²) in [5.41, 5.74) is 4.14. The lowest BCUT2D eigenvalue weighted by atomic mass is 9.87. The van der Waals surface area contributed by atoms with Crippen molar-refractivity contribution in [2.45, 2.75) is 32.6 Å². The lowest BCUT2D eigenvalue weighted by Gasteiger charge is -2.19. The Kier molecular flexibility index (Phi) is 6.21. The van der Waals surface area contributed by atoms with E-state index in [0.29, 0.717) is 24.7 Å². The summed E-state index contributed by atoms with van der Waals surface area (Å²) in [6.45, 7) is 7.33. The van der Waals surface area contributed by atoms with Crippen LogP contribution in [-0.4, -0.2) is 33.2 Å². The van der Waals surface area contributed by atoms with Gasteiger partial charge in [0.25, 0.3) is 0 Å². The van der Waals surface area contributed by atoms with Crippen LogP contribution in [0.4, 0.5) is 17.5 Å². The van der Waals surface area contributed by atoms with Crippen LogP contribution in [0.25, 0.3) is 11.3 Å². The molecule has 2 heterocycles. The fourth-order valence-corrected chi connectivity index (χ4v) is 2.74. The van der Waals surface area contributed by atoms with Crippen LogP contribution < -0.4 is 10.6 Å². The molecule has 0 aliphatic rings. The number of aromatic nitrogens is 3. The quantitative estimate of drug-likeness (QED) is 0.530. The molecule has 0 saturated carbocycles. The van der Waals surface area contributed by atoms with E-state index >= 15 is 0 Å². The van der Waals surface area contributed by atoms with Crippen LogP contribution in [0.3, 0.4) is 0 Å². The molecule has 0 atom stereocenters. The van der Waals surface area contributed by atoms with E-state index in [4.69, 9.17) is 5.11 Å². The first kappa shape index (κ1) is 19.8. The molecular weight excluding hydrogens is 350 g/mol. The van der Waals surface area contributed by atoms with Crippen molar-refractivity contribution in [3.8, 4) is 11.3 Å². The molecule has 0 spiro atoms. The van der Waals surface area contributed by atoms with Gasteiger partial charge >= 0.3 is 0 Å². The summed E-state index contributed by atoms with van der Waals surface area (Å²) in [7, 11) is 0. The highest BCUT2D eigenvalue weighted by atomic mass is 16.3. The molecule has 6 nitrogen and oxygen atoms in total. The van der Waals surface area contributed by atoms with Gasteiger partial charge < -0.3 is 15.7 Å². The van der Waals surface area contributed by atoms with Crippen molar-refractivity contribution in [1.29, 1.82) is 0 Å². The van der Waals surface area contributed by atoms with Crippen molar-refractivity contribution in [3.05, 3.63) is 60.4 Å². The molecule has 146 valence electrons. The van der Waals surface area contributed by atoms with Crippen molar-refractivity contribution in [3.63, 3.8) is 0 Å². The second-order valence-electron chi connectivity index (χ2n) is 7.65. The van der Waals surface area contributed by atoms with Crippen LogP contribution in [0, 0.1) is 0 Å². The summed E-state index contributed by atoms with van der Waals surface area (Å²) in [6, 6.07) is 14.1. The van der Waals surface area contributed by atoms with Crippen molar-refractivity contribution in [2.24, 2.45) is 0 Å². The molecule has 0 aliphatic carbocycles. The summed E-state index contributed by atoms with van der Waals surface area (Å²) < 4.78 is 0. The number of nitrogens with one attached hydrogen (secondary N) is 2. The molecule has 3 N–H and O–H groups in total. The number of pyridine rings is 1. The van der Waals surface area contributed by atoms with Crippen molar-refractivity contribution < 1.29 is 5.11 Å². The second kappa shape index (κ2) is 8.80. The Morgan fingerprint density at radius 1 is 0.964 bits per heavy atom. The average Bonchev–Trinajstić information content (AvgIpc) is 2.68. The van der Waals surface area contributed by atoms with E-state index in [2.05, 4.69) is 70.6 Å². The molecule has 3 rings (SSSR count). The summed E-state index contributed by atoms with van der Waals surface area (Å²) in [5, 5.41) is 15.5. The fraction of sp³-hybridized carbons (Fsp3) is 0.318. The summed E-state index contributed by atoms with van der Waals surface area (Å²) >= 11 is 0. The predicted octanol–water partition coefficient (Wildman–Crippen LogP) is 4.37. The lowest BCUT2D eigenvalue weighted by molar-refractivity contribution is 0.292. The van der Waals surface area contributed by atoms with E-state index in [1.54, 1.807) is 12.4 Å². The third-order valence-electron chi connectivity index (χ3n) is 4.34. The standard InChI is InChI=1S/C22H27N5O/c1-22(2,3)17-5-7-18(8-6-17)25-20-15-19(16-9-12-23-13-10-16)26-21(27-20)24-11-4-14-28/h5-10,12-13,15,28H,4,11,14H2,1-3H3,(H2,24,25,26,27). The molecule has 6 heteroatoms. The van der Waals surface area contributed by atoms with E-state index in [9.17, 15) is 0 Å². The largest absolute Gasteiger partial charge is 0.396 e. The molecule has 1 aromatic carbocycles. The third kappa shape index (κ3) is 5.27. The van der Waals surface area contributed by atoms with Gasteiger partial charge in [-0.2, -0.15) is 4.98 Å². The molecule has 0 amide bonds. The van der Waals surface area contributed by atoms with Gasteiger partial charge in [-0.3, -0.25) is 4.98 Å². The Balaban J connectivity index is 1.87. The zero-order chi connectivity index (χ0) is 20.0. The number of hydrogen-bond acceptors (Lipinski definition) is 6. The van der Waals surface area contributed by atoms with Crippen LogP contribution >= 0.6 is 0 Å². The SMILES string of the molecule is CC(C)(C)c1ccc(Nc2cc(-c3ccncc3)nc(NCCCO)n2)cc1. The Morgan fingerprint density at radius 2 is 1.68 bits per heavy atom. The number of hydrogen-bond donors (Lipinski definition) is 3. The predicted molar refractivity (Wildman–Crippen MR) is 114 cm³/mol. The maximum atomic E-state index is 9.01. The number of anilines is 3. The number of nitrogens with zero attached hydrogens (tertiary/aromatic N) is 3. The molecule has 28 heavy (non-hydrogen) atoms. The highest BCUT2D eigenvalue weighted by Crippen LogP contribution is 2.26. The molecule has 0 fully saturated rings. The molecule has 0 saturated heterocycles. The van der Waals surface area contributed by atoms with E-state index in [-0.39, 0.29) is 12.0 Å². The van der Waals surface area contributed by atoms with Crippen LogP contribution in [0.5, 0.6) is 0 Å². The Bertz CT molecular complexity index is 889. The topological polar surface area (TPSA) is 83.0 Å². The number of aliphatic hydroxyl groups is 1. The number of aliphatic hydroxyl groups excluding tert-OH is 1. The van der Waals surface area contributed by atoms with Gasteiger partial charge in [0, 0.05) is 42.9 Å². The highest BCUT2D eigenvalue weighted by Gasteiger charge is 2.13. The van der Waals surface area contributed by atoms with E-state index in [1.807, 2.05) is 18.2 Å². The lowest BCUT2D eigenvalue weighted by Crippen LogP contribution is -2.11. The van der Waals surface area contributed by atoms with Crippen molar-refractivity contribution in [2.75, 3.05) is 23.8 Å².